The van der Waals surface area contributed by atoms with Crippen LogP contribution >= 0.6 is 0 Å². The number of aliphatic hydroxyl groups is 1. The molecule has 0 aliphatic carbocycles. The standard InChI is InChI=1S/C14H19NO3S/c1-9-5-11(6-10(2)15-9)14(16)7-12-3-4-13(8-14)19(12,17)18/h5-6,12-13,16H,3-4,7-8H2,1-2H3. The topological polar surface area (TPSA) is 67.3 Å². The highest BCUT2D eigenvalue weighted by Gasteiger charge is 2.53. The Morgan fingerprint density at radius 2 is 1.63 bits per heavy atom. The molecule has 0 aromatic carbocycles. The predicted octanol–water partition coefficient (Wildman–Crippen LogP) is 1.63. The van der Waals surface area contributed by atoms with E-state index in [2.05, 4.69) is 4.98 Å². The molecule has 2 aliphatic rings. The van der Waals surface area contributed by atoms with Crippen LogP contribution in [-0.2, 0) is 15.4 Å². The smallest absolute Gasteiger partial charge is 0.156 e. The predicted molar refractivity (Wildman–Crippen MR) is 72.6 cm³/mol. The lowest BCUT2D eigenvalue weighted by Crippen LogP contribution is -2.43. The molecule has 1 aromatic rings. The van der Waals surface area contributed by atoms with Crippen molar-refractivity contribution in [2.45, 2.75) is 55.6 Å². The third kappa shape index (κ3) is 1.99. The van der Waals surface area contributed by atoms with Crippen LogP contribution in [0, 0.1) is 13.8 Å². The number of fused-ring (bicyclic) bond motifs is 2. The second kappa shape index (κ2) is 4.03. The molecule has 1 N–H and O–H groups in total. The summed E-state index contributed by atoms with van der Waals surface area (Å²) < 4.78 is 24.2. The first-order chi connectivity index (χ1) is 8.81. The molecule has 4 nitrogen and oxygen atoms in total. The average Bonchev–Trinajstić information content (AvgIpc) is 2.49. The summed E-state index contributed by atoms with van der Waals surface area (Å²) in [4.78, 5) is 4.31. The van der Waals surface area contributed by atoms with Crippen molar-refractivity contribution in [1.82, 2.24) is 4.98 Å². The lowest BCUT2D eigenvalue weighted by molar-refractivity contribution is 0.0171. The van der Waals surface area contributed by atoms with E-state index in [1.165, 1.54) is 0 Å². The highest BCUT2D eigenvalue weighted by Crippen LogP contribution is 2.47. The van der Waals surface area contributed by atoms with Gasteiger partial charge in [0.25, 0.3) is 0 Å². The summed E-state index contributed by atoms with van der Waals surface area (Å²) in [6.07, 6.45) is 2.04. The Labute approximate surface area is 113 Å². The van der Waals surface area contributed by atoms with Crippen molar-refractivity contribution in [3.8, 4) is 0 Å². The van der Waals surface area contributed by atoms with Crippen LogP contribution in [-0.4, -0.2) is 29.0 Å². The van der Waals surface area contributed by atoms with Gasteiger partial charge in [0.1, 0.15) is 0 Å². The number of rotatable bonds is 1. The van der Waals surface area contributed by atoms with Gasteiger partial charge >= 0.3 is 0 Å². The lowest BCUT2D eigenvalue weighted by Gasteiger charge is -2.36. The van der Waals surface area contributed by atoms with E-state index >= 15 is 0 Å². The number of aromatic nitrogens is 1. The molecule has 5 heteroatoms. The summed E-state index contributed by atoms with van der Waals surface area (Å²) >= 11 is 0. The molecule has 2 saturated heterocycles. The Balaban J connectivity index is 2.02. The summed E-state index contributed by atoms with van der Waals surface area (Å²) in [7, 11) is -3.00. The first kappa shape index (κ1) is 13.1. The molecule has 2 bridgehead atoms. The van der Waals surface area contributed by atoms with Crippen molar-refractivity contribution in [1.29, 1.82) is 0 Å². The van der Waals surface area contributed by atoms with Gasteiger partial charge in [-0.05, 0) is 57.2 Å². The van der Waals surface area contributed by atoms with E-state index < -0.39 is 15.4 Å². The van der Waals surface area contributed by atoms with E-state index in [0.717, 1.165) is 17.0 Å². The van der Waals surface area contributed by atoms with Gasteiger partial charge in [-0.1, -0.05) is 0 Å². The van der Waals surface area contributed by atoms with Crippen LogP contribution < -0.4 is 0 Å². The molecule has 2 atom stereocenters. The highest BCUT2D eigenvalue weighted by atomic mass is 32.2. The van der Waals surface area contributed by atoms with Gasteiger partial charge in [0, 0.05) is 11.4 Å². The van der Waals surface area contributed by atoms with Crippen LogP contribution in [0.5, 0.6) is 0 Å². The fourth-order valence-electron chi connectivity index (χ4n) is 3.58. The number of aryl methyl sites for hydroxylation is 2. The molecule has 0 saturated carbocycles. The molecule has 19 heavy (non-hydrogen) atoms. The molecule has 3 rings (SSSR count). The van der Waals surface area contributed by atoms with E-state index in [4.69, 9.17) is 0 Å². The third-order valence-electron chi connectivity index (χ3n) is 4.49. The minimum atomic E-state index is -3.00. The molecule has 0 spiro atoms. The quantitative estimate of drug-likeness (QED) is 0.849. The third-order valence-corrected chi connectivity index (χ3v) is 7.15. The van der Waals surface area contributed by atoms with Crippen molar-refractivity contribution in [2.24, 2.45) is 0 Å². The normalized spacial score (nSPS) is 36.4. The van der Waals surface area contributed by atoms with Gasteiger partial charge < -0.3 is 5.11 Å². The Morgan fingerprint density at radius 3 is 2.11 bits per heavy atom. The Kier molecular flexibility index (Phi) is 2.77. The Bertz CT molecular complexity index is 583. The number of pyridine rings is 1. The van der Waals surface area contributed by atoms with Crippen LogP contribution in [0.3, 0.4) is 0 Å². The van der Waals surface area contributed by atoms with Gasteiger partial charge in [-0.15, -0.1) is 0 Å². The van der Waals surface area contributed by atoms with E-state index in [0.29, 0.717) is 25.7 Å². The summed E-state index contributed by atoms with van der Waals surface area (Å²) in [5.74, 6) is 0. The SMILES string of the molecule is Cc1cc(C2(O)CC3CCC(C2)S3(=O)=O)cc(C)n1. The molecule has 0 radical (unpaired) electrons. The maximum Gasteiger partial charge on any atom is 0.156 e. The first-order valence-corrected chi connectivity index (χ1v) is 8.33. The second-order valence-corrected chi connectivity index (χ2v) is 8.50. The van der Waals surface area contributed by atoms with Gasteiger partial charge in [0.2, 0.25) is 0 Å². The van der Waals surface area contributed by atoms with Crippen LogP contribution in [0.4, 0.5) is 0 Å². The van der Waals surface area contributed by atoms with Gasteiger partial charge in [-0.2, -0.15) is 0 Å². The number of hydrogen-bond acceptors (Lipinski definition) is 4. The zero-order chi connectivity index (χ0) is 13.8. The summed E-state index contributed by atoms with van der Waals surface area (Å²) in [5.41, 5.74) is 1.55. The largest absolute Gasteiger partial charge is 0.385 e. The second-order valence-electron chi connectivity index (χ2n) is 5.99. The lowest BCUT2D eigenvalue weighted by atomic mass is 9.85. The van der Waals surface area contributed by atoms with E-state index in [-0.39, 0.29) is 10.5 Å². The molecule has 2 unspecified atom stereocenters. The van der Waals surface area contributed by atoms with Crippen molar-refractivity contribution < 1.29 is 13.5 Å². The maximum atomic E-state index is 12.1. The molecular weight excluding hydrogens is 262 g/mol. The van der Waals surface area contributed by atoms with E-state index in [1.54, 1.807) is 0 Å². The van der Waals surface area contributed by atoms with Crippen LogP contribution in [0.15, 0.2) is 12.1 Å². The highest BCUT2D eigenvalue weighted by molar-refractivity contribution is 7.93. The van der Waals surface area contributed by atoms with Crippen molar-refractivity contribution in [2.75, 3.05) is 0 Å². The van der Waals surface area contributed by atoms with Crippen molar-refractivity contribution in [3.05, 3.63) is 29.1 Å². The van der Waals surface area contributed by atoms with E-state index in [1.807, 2.05) is 26.0 Å². The molecule has 1 aromatic heterocycles. The summed E-state index contributed by atoms with van der Waals surface area (Å²) in [6.45, 7) is 3.79. The molecule has 2 fully saturated rings. The minimum absolute atomic E-state index is 0.328. The van der Waals surface area contributed by atoms with Crippen LogP contribution in [0.2, 0.25) is 0 Å². The number of nitrogens with zero attached hydrogens (tertiary/aromatic N) is 1. The molecule has 3 heterocycles. The van der Waals surface area contributed by atoms with Gasteiger partial charge in [-0.3, -0.25) is 4.98 Å². The molecular formula is C14H19NO3S. The minimum Gasteiger partial charge on any atom is -0.385 e. The van der Waals surface area contributed by atoms with Crippen LogP contribution in [0.1, 0.15) is 42.6 Å². The number of hydrogen-bond donors (Lipinski definition) is 1. The first-order valence-electron chi connectivity index (χ1n) is 6.72. The van der Waals surface area contributed by atoms with Crippen LogP contribution in [0.25, 0.3) is 0 Å². The molecule has 104 valence electrons. The van der Waals surface area contributed by atoms with Crippen molar-refractivity contribution >= 4 is 9.84 Å². The maximum absolute atomic E-state index is 12.1. The van der Waals surface area contributed by atoms with Gasteiger partial charge in [0.05, 0.1) is 16.1 Å². The fraction of sp³-hybridized carbons (Fsp3) is 0.643. The van der Waals surface area contributed by atoms with Gasteiger partial charge in [-0.25, -0.2) is 8.42 Å². The fourth-order valence-corrected chi connectivity index (χ4v) is 6.07. The monoisotopic (exact) mass is 281 g/mol. The zero-order valence-electron chi connectivity index (χ0n) is 11.3. The van der Waals surface area contributed by atoms with E-state index in [9.17, 15) is 13.5 Å². The summed E-state index contributed by atoms with van der Waals surface area (Å²) in [5, 5.41) is 10.2. The zero-order valence-corrected chi connectivity index (χ0v) is 12.1. The Hall–Kier alpha value is -0.940. The molecule has 0 amide bonds. The number of sulfone groups is 1. The Morgan fingerprint density at radius 1 is 1.16 bits per heavy atom. The average molecular weight is 281 g/mol. The summed E-state index contributed by atoms with van der Waals surface area (Å²) in [6, 6.07) is 3.76. The molecule has 2 aliphatic heterocycles. The van der Waals surface area contributed by atoms with Crippen molar-refractivity contribution in [3.63, 3.8) is 0 Å². The van der Waals surface area contributed by atoms with Gasteiger partial charge in [0.15, 0.2) is 9.84 Å².